The van der Waals surface area contributed by atoms with Gasteiger partial charge in [0.15, 0.2) is 0 Å². The highest BCUT2D eigenvalue weighted by Crippen LogP contribution is 2.24. The number of anilines is 1. The summed E-state index contributed by atoms with van der Waals surface area (Å²) in [5.74, 6) is 1.65. The molecular weight excluding hydrogens is 204 g/mol. The van der Waals surface area contributed by atoms with Crippen molar-refractivity contribution in [1.82, 2.24) is 15.3 Å². The Kier molecular flexibility index (Phi) is 3.24. The fourth-order valence-corrected chi connectivity index (χ4v) is 2.07. The van der Waals surface area contributed by atoms with Gasteiger partial charge in [-0.15, -0.1) is 0 Å². The molecule has 1 aliphatic heterocycles. The zero-order chi connectivity index (χ0) is 11.5. The Labute approximate surface area is 95.8 Å². The molecule has 0 saturated carbocycles. The van der Waals surface area contributed by atoms with E-state index in [9.17, 15) is 0 Å². The first-order chi connectivity index (χ1) is 7.72. The van der Waals surface area contributed by atoms with E-state index in [1.165, 1.54) is 0 Å². The third-order valence-corrected chi connectivity index (χ3v) is 2.87. The number of aromatic nitrogens is 2. The number of nitrogens with one attached hydrogen (secondary N) is 1. The van der Waals surface area contributed by atoms with E-state index in [2.05, 4.69) is 27.1 Å². The highest BCUT2D eigenvalue weighted by atomic mass is 16.5. The van der Waals surface area contributed by atoms with Gasteiger partial charge in [0.25, 0.3) is 0 Å². The molecule has 1 aromatic heterocycles. The van der Waals surface area contributed by atoms with E-state index in [4.69, 9.17) is 4.74 Å². The van der Waals surface area contributed by atoms with Crippen LogP contribution in [0.2, 0.25) is 0 Å². The van der Waals surface area contributed by atoms with Gasteiger partial charge in [0, 0.05) is 25.7 Å². The van der Waals surface area contributed by atoms with Gasteiger partial charge in [-0.1, -0.05) is 0 Å². The van der Waals surface area contributed by atoms with Crippen LogP contribution >= 0.6 is 0 Å². The van der Waals surface area contributed by atoms with Gasteiger partial charge in [-0.05, 0) is 13.8 Å². The lowest BCUT2D eigenvalue weighted by Crippen LogP contribution is -2.49. The van der Waals surface area contributed by atoms with E-state index < -0.39 is 0 Å². The molecule has 1 unspecified atom stereocenters. The smallest absolute Gasteiger partial charge is 0.221 e. The zero-order valence-corrected chi connectivity index (χ0v) is 10.0. The molecule has 0 aliphatic carbocycles. The Morgan fingerprint density at radius 3 is 3.00 bits per heavy atom. The lowest BCUT2D eigenvalue weighted by molar-refractivity contribution is 0.392. The van der Waals surface area contributed by atoms with Crippen molar-refractivity contribution in [3.8, 4) is 5.88 Å². The van der Waals surface area contributed by atoms with Crippen molar-refractivity contribution in [2.45, 2.75) is 19.9 Å². The Morgan fingerprint density at radius 1 is 1.50 bits per heavy atom. The minimum atomic E-state index is 0.495. The second kappa shape index (κ2) is 4.65. The standard InChI is InChI=1S/C11H18N4O/c1-8-6-15(5-4-12-8)10-9(2)11(16-3)14-7-13-10/h7-8,12H,4-6H2,1-3H3. The SMILES string of the molecule is COc1ncnc(N2CCNC(C)C2)c1C. The minimum absolute atomic E-state index is 0.495. The first kappa shape index (κ1) is 11.1. The van der Waals surface area contributed by atoms with Crippen molar-refractivity contribution in [3.05, 3.63) is 11.9 Å². The van der Waals surface area contributed by atoms with E-state index in [-0.39, 0.29) is 0 Å². The summed E-state index contributed by atoms with van der Waals surface area (Å²) in [5.41, 5.74) is 1.01. The summed E-state index contributed by atoms with van der Waals surface area (Å²) in [7, 11) is 1.64. The van der Waals surface area contributed by atoms with Crippen LogP contribution in [0.4, 0.5) is 5.82 Å². The second-order valence-corrected chi connectivity index (χ2v) is 4.13. The lowest BCUT2D eigenvalue weighted by Gasteiger charge is -2.33. The molecule has 0 radical (unpaired) electrons. The van der Waals surface area contributed by atoms with Crippen LogP contribution in [0, 0.1) is 6.92 Å². The van der Waals surface area contributed by atoms with Gasteiger partial charge >= 0.3 is 0 Å². The molecule has 88 valence electrons. The van der Waals surface area contributed by atoms with Gasteiger partial charge in [0.05, 0.1) is 12.7 Å². The fourth-order valence-electron chi connectivity index (χ4n) is 2.07. The summed E-state index contributed by atoms with van der Waals surface area (Å²) in [6.45, 7) is 7.13. The first-order valence-corrected chi connectivity index (χ1v) is 5.56. The van der Waals surface area contributed by atoms with E-state index >= 15 is 0 Å². The largest absolute Gasteiger partial charge is 0.481 e. The van der Waals surface area contributed by atoms with Crippen LogP contribution in [-0.2, 0) is 0 Å². The maximum absolute atomic E-state index is 5.21. The van der Waals surface area contributed by atoms with Gasteiger partial charge < -0.3 is 15.0 Å². The van der Waals surface area contributed by atoms with Crippen molar-refractivity contribution >= 4 is 5.82 Å². The van der Waals surface area contributed by atoms with Crippen LogP contribution in [0.3, 0.4) is 0 Å². The number of piperazine rings is 1. The third-order valence-electron chi connectivity index (χ3n) is 2.87. The maximum Gasteiger partial charge on any atom is 0.221 e. The fraction of sp³-hybridized carbons (Fsp3) is 0.636. The molecule has 1 aromatic rings. The number of nitrogens with zero attached hydrogens (tertiary/aromatic N) is 3. The molecule has 1 aliphatic rings. The predicted octanol–water partition coefficient (Wildman–Crippen LogP) is 0.592. The number of hydrogen-bond donors (Lipinski definition) is 1. The number of hydrogen-bond acceptors (Lipinski definition) is 5. The average molecular weight is 222 g/mol. The molecule has 5 nitrogen and oxygen atoms in total. The molecule has 16 heavy (non-hydrogen) atoms. The van der Waals surface area contributed by atoms with E-state index in [1.807, 2.05) is 6.92 Å². The Bertz CT molecular complexity index is 369. The molecule has 0 aromatic carbocycles. The molecule has 5 heteroatoms. The van der Waals surface area contributed by atoms with Crippen LogP contribution in [-0.4, -0.2) is 42.8 Å². The molecular formula is C11H18N4O. The molecule has 2 rings (SSSR count). The van der Waals surface area contributed by atoms with Gasteiger partial charge in [0.1, 0.15) is 12.1 Å². The summed E-state index contributed by atoms with van der Waals surface area (Å²) in [5, 5.41) is 3.41. The van der Waals surface area contributed by atoms with E-state index in [0.717, 1.165) is 31.0 Å². The van der Waals surface area contributed by atoms with Crippen LogP contribution in [0.15, 0.2) is 6.33 Å². The van der Waals surface area contributed by atoms with Gasteiger partial charge in [-0.3, -0.25) is 0 Å². The molecule has 1 N–H and O–H groups in total. The third kappa shape index (κ3) is 2.09. The van der Waals surface area contributed by atoms with E-state index in [1.54, 1.807) is 13.4 Å². The Balaban J connectivity index is 2.25. The molecule has 0 amide bonds. The van der Waals surface area contributed by atoms with Crippen molar-refractivity contribution in [1.29, 1.82) is 0 Å². The molecule has 0 spiro atoms. The summed E-state index contributed by atoms with van der Waals surface area (Å²) >= 11 is 0. The van der Waals surface area contributed by atoms with Crippen LogP contribution in [0.5, 0.6) is 5.88 Å². The van der Waals surface area contributed by atoms with Crippen molar-refractivity contribution in [2.24, 2.45) is 0 Å². The van der Waals surface area contributed by atoms with Crippen LogP contribution in [0.25, 0.3) is 0 Å². The average Bonchev–Trinajstić information content (AvgIpc) is 2.29. The number of rotatable bonds is 2. The summed E-state index contributed by atoms with van der Waals surface area (Å²) in [6.07, 6.45) is 1.56. The number of methoxy groups -OCH3 is 1. The molecule has 0 bridgehead atoms. The lowest BCUT2D eigenvalue weighted by atomic mass is 10.2. The highest BCUT2D eigenvalue weighted by Gasteiger charge is 2.20. The van der Waals surface area contributed by atoms with Crippen LogP contribution in [0.1, 0.15) is 12.5 Å². The maximum atomic E-state index is 5.21. The normalized spacial score (nSPS) is 20.9. The topological polar surface area (TPSA) is 50.3 Å². The van der Waals surface area contributed by atoms with Crippen molar-refractivity contribution in [3.63, 3.8) is 0 Å². The van der Waals surface area contributed by atoms with Crippen LogP contribution < -0.4 is 15.0 Å². The molecule has 1 fully saturated rings. The Morgan fingerprint density at radius 2 is 2.31 bits per heavy atom. The zero-order valence-electron chi connectivity index (χ0n) is 10.0. The minimum Gasteiger partial charge on any atom is -0.481 e. The van der Waals surface area contributed by atoms with Crippen molar-refractivity contribution < 1.29 is 4.74 Å². The summed E-state index contributed by atoms with van der Waals surface area (Å²) < 4.78 is 5.21. The molecule has 2 heterocycles. The summed E-state index contributed by atoms with van der Waals surface area (Å²) in [6, 6.07) is 0.495. The number of ether oxygens (including phenoxy) is 1. The van der Waals surface area contributed by atoms with Gasteiger partial charge in [0.2, 0.25) is 5.88 Å². The monoisotopic (exact) mass is 222 g/mol. The first-order valence-electron chi connectivity index (χ1n) is 5.56. The highest BCUT2D eigenvalue weighted by molar-refractivity contribution is 5.50. The quantitative estimate of drug-likeness (QED) is 0.793. The molecule has 1 atom stereocenters. The summed E-state index contributed by atoms with van der Waals surface area (Å²) in [4.78, 5) is 10.7. The van der Waals surface area contributed by atoms with Crippen molar-refractivity contribution in [2.75, 3.05) is 31.6 Å². The Hall–Kier alpha value is -1.36. The second-order valence-electron chi connectivity index (χ2n) is 4.13. The predicted molar refractivity (Wildman–Crippen MR) is 63.0 cm³/mol. The van der Waals surface area contributed by atoms with Gasteiger partial charge in [-0.2, -0.15) is 0 Å². The van der Waals surface area contributed by atoms with E-state index in [0.29, 0.717) is 11.9 Å². The van der Waals surface area contributed by atoms with Gasteiger partial charge in [-0.25, -0.2) is 9.97 Å². The molecule has 1 saturated heterocycles.